The Morgan fingerprint density at radius 3 is 2.30 bits per heavy atom. The zero-order valence-corrected chi connectivity index (χ0v) is 12.3. The topological polar surface area (TPSA) is 48.4 Å². The van der Waals surface area contributed by atoms with Crippen LogP contribution in [0, 0.1) is 0 Å². The second kappa shape index (κ2) is 7.24. The molecule has 130 valence electrons. The summed E-state index contributed by atoms with van der Waals surface area (Å²) in [4.78, 5) is 14.7. The minimum atomic E-state index is -5.24. The Bertz CT molecular complexity index is 573. The Kier molecular flexibility index (Phi) is 6.09. The van der Waals surface area contributed by atoms with Crippen molar-refractivity contribution in [1.82, 2.24) is 4.98 Å². The van der Waals surface area contributed by atoms with E-state index in [4.69, 9.17) is 11.6 Å². The molecule has 0 aliphatic carbocycles. The van der Waals surface area contributed by atoms with Crippen LogP contribution in [-0.4, -0.2) is 23.9 Å². The summed E-state index contributed by atoms with van der Waals surface area (Å²) in [6, 6.07) is 0.0832. The lowest BCUT2D eigenvalue weighted by atomic mass is 10.1. The third-order valence-corrected chi connectivity index (χ3v) is 2.73. The molecule has 0 spiro atoms. The van der Waals surface area contributed by atoms with Crippen molar-refractivity contribution in [3.8, 4) is 5.88 Å². The quantitative estimate of drug-likeness (QED) is 0.452. The van der Waals surface area contributed by atoms with Gasteiger partial charge in [-0.2, -0.15) is 13.2 Å². The van der Waals surface area contributed by atoms with Gasteiger partial charge in [0, 0.05) is 17.5 Å². The van der Waals surface area contributed by atoms with Crippen molar-refractivity contribution in [3.05, 3.63) is 22.9 Å². The smallest absolute Gasteiger partial charge is 0.466 e. The van der Waals surface area contributed by atoms with E-state index < -0.39 is 53.5 Å². The number of ether oxygens (including phenoxy) is 2. The summed E-state index contributed by atoms with van der Waals surface area (Å²) in [6.45, 7) is 1.40. The first-order valence-electron chi connectivity index (χ1n) is 6.05. The molecule has 0 N–H and O–H groups in total. The molecule has 1 heterocycles. The van der Waals surface area contributed by atoms with Gasteiger partial charge < -0.3 is 9.47 Å². The molecule has 23 heavy (non-hydrogen) atoms. The molecule has 0 saturated carbocycles. The van der Waals surface area contributed by atoms with Gasteiger partial charge in [-0.3, -0.25) is 4.79 Å². The zero-order chi connectivity index (χ0) is 17.8. The van der Waals surface area contributed by atoms with Crippen LogP contribution in [0.1, 0.15) is 23.7 Å². The lowest BCUT2D eigenvalue weighted by Crippen LogP contribution is -2.21. The molecule has 0 aliphatic heterocycles. The van der Waals surface area contributed by atoms with Crippen molar-refractivity contribution >= 4 is 17.6 Å². The molecule has 1 aromatic rings. The molecular weight excluding hydrogens is 356 g/mol. The van der Waals surface area contributed by atoms with Gasteiger partial charge in [0.15, 0.2) is 0 Å². The summed E-state index contributed by atoms with van der Waals surface area (Å²) in [7, 11) is 0. The predicted molar refractivity (Wildman–Crippen MR) is 65.8 cm³/mol. The Morgan fingerprint density at radius 1 is 1.26 bits per heavy atom. The molecule has 0 radical (unpaired) electrons. The SMILES string of the molecule is CCOC(=O)Cc1nc(OC(F)(F)F)cc(C(F)(F)F)c1CCl. The highest BCUT2D eigenvalue weighted by Crippen LogP contribution is 2.37. The van der Waals surface area contributed by atoms with E-state index in [1.165, 1.54) is 6.92 Å². The van der Waals surface area contributed by atoms with E-state index in [1.54, 1.807) is 0 Å². The molecule has 0 saturated heterocycles. The van der Waals surface area contributed by atoms with Crippen molar-refractivity contribution in [1.29, 1.82) is 0 Å². The average molecular weight is 366 g/mol. The number of carbonyl (C=O) groups excluding carboxylic acids is 1. The second-order valence-corrected chi connectivity index (χ2v) is 4.36. The fourth-order valence-corrected chi connectivity index (χ4v) is 1.96. The number of aromatic nitrogens is 1. The Hall–Kier alpha value is -1.71. The third kappa shape index (κ3) is 5.77. The van der Waals surface area contributed by atoms with Gasteiger partial charge in [0.05, 0.1) is 24.3 Å². The molecule has 0 bridgehead atoms. The van der Waals surface area contributed by atoms with Crippen LogP contribution in [0.15, 0.2) is 6.07 Å². The number of pyridine rings is 1. The molecular formula is C12H10ClF6NO3. The second-order valence-electron chi connectivity index (χ2n) is 4.09. The van der Waals surface area contributed by atoms with Crippen molar-refractivity contribution in [2.75, 3.05) is 6.61 Å². The molecule has 0 amide bonds. The molecule has 0 aromatic carbocycles. The van der Waals surface area contributed by atoms with E-state index >= 15 is 0 Å². The fraction of sp³-hybridized carbons (Fsp3) is 0.500. The van der Waals surface area contributed by atoms with Crippen molar-refractivity contribution in [2.45, 2.75) is 31.8 Å². The van der Waals surface area contributed by atoms with Crippen LogP contribution in [0.3, 0.4) is 0 Å². The zero-order valence-electron chi connectivity index (χ0n) is 11.5. The molecule has 11 heteroatoms. The number of carbonyl (C=O) groups is 1. The first-order chi connectivity index (χ1) is 10.5. The number of rotatable bonds is 5. The molecule has 0 aliphatic rings. The Balaban J connectivity index is 3.39. The van der Waals surface area contributed by atoms with E-state index in [0.29, 0.717) is 0 Å². The van der Waals surface area contributed by atoms with Crippen LogP contribution in [0.4, 0.5) is 26.3 Å². The summed E-state index contributed by atoms with van der Waals surface area (Å²) in [5, 5.41) is 0. The van der Waals surface area contributed by atoms with Gasteiger partial charge in [-0.05, 0) is 6.92 Å². The maximum Gasteiger partial charge on any atom is 0.574 e. The van der Waals surface area contributed by atoms with Gasteiger partial charge in [0.1, 0.15) is 0 Å². The van der Waals surface area contributed by atoms with Gasteiger partial charge in [-0.15, -0.1) is 24.8 Å². The van der Waals surface area contributed by atoms with E-state index in [0.717, 1.165) is 0 Å². The van der Waals surface area contributed by atoms with Crippen molar-refractivity contribution in [2.24, 2.45) is 0 Å². The standard InChI is InChI=1S/C12H10ClF6NO3/c1-2-22-10(21)4-8-6(5-13)7(11(14,15)16)3-9(20-8)23-12(17,18)19/h3H,2,4-5H2,1H3. The third-order valence-electron chi connectivity index (χ3n) is 2.46. The fourth-order valence-electron chi connectivity index (χ4n) is 1.67. The highest BCUT2D eigenvalue weighted by atomic mass is 35.5. The normalized spacial score (nSPS) is 12.2. The number of halogens is 7. The molecule has 0 fully saturated rings. The Labute approximate surface area is 131 Å². The number of esters is 1. The van der Waals surface area contributed by atoms with Crippen LogP contribution in [-0.2, 0) is 28.0 Å². The van der Waals surface area contributed by atoms with E-state index in [1.807, 2.05) is 0 Å². The molecule has 1 aromatic heterocycles. The maximum absolute atomic E-state index is 13.0. The first kappa shape index (κ1) is 19.3. The van der Waals surface area contributed by atoms with Crippen LogP contribution in [0.25, 0.3) is 0 Å². The van der Waals surface area contributed by atoms with Crippen LogP contribution in [0.5, 0.6) is 5.88 Å². The molecule has 1 rings (SSSR count). The van der Waals surface area contributed by atoms with Crippen LogP contribution in [0.2, 0.25) is 0 Å². The number of hydrogen-bond donors (Lipinski definition) is 0. The molecule has 4 nitrogen and oxygen atoms in total. The van der Waals surface area contributed by atoms with E-state index in [-0.39, 0.29) is 12.7 Å². The van der Waals surface area contributed by atoms with Gasteiger partial charge in [0.2, 0.25) is 5.88 Å². The molecule has 0 unspecified atom stereocenters. The minimum absolute atomic E-state index is 0.0556. The molecule has 0 atom stereocenters. The highest BCUT2D eigenvalue weighted by Gasteiger charge is 2.38. The summed E-state index contributed by atoms with van der Waals surface area (Å²) in [6.07, 6.45) is -11.0. The summed E-state index contributed by atoms with van der Waals surface area (Å²) >= 11 is 5.43. The highest BCUT2D eigenvalue weighted by molar-refractivity contribution is 6.17. The number of alkyl halides is 7. The predicted octanol–water partition coefficient (Wildman–Crippen LogP) is 3.84. The largest absolute Gasteiger partial charge is 0.574 e. The lowest BCUT2D eigenvalue weighted by molar-refractivity contribution is -0.276. The lowest BCUT2D eigenvalue weighted by Gasteiger charge is -2.17. The van der Waals surface area contributed by atoms with Gasteiger partial charge >= 0.3 is 18.5 Å². The van der Waals surface area contributed by atoms with Gasteiger partial charge in [-0.25, -0.2) is 4.98 Å². The van der Waals surface area contributed by atoms with Crippen molar-refractivity contribution < 1.29 is 40.6 Å². The summed E-state index contributed by atoms with van der Waals surface area (Å²) < 4.78 is 83.5. The monoisotopic (exact) mass is 365 g/mol. The van der Waals surface area contributed by atoms with Crippen LogP contribution >= 0.6 is 11.6 Å². The summed E-state index contributed by atoms with van der Waals surface area (Å²) in [5.41, 5.74) is -2.66. The first-order valence-corrected chi connectivity index (χ1v) is 6.58. The minimum Gasteiger partial charge on any atom is -0.466 e. The number of hydrogen-bond acceptors (Lipinski definition) is 4. The Morgan fingerprint density at radius 2 is 1.87 bits per heavy atom. The van der Waals surface area contributed by atoms with Gasteiger partial charge in [-0.1, -0.05) is 0 Å². The van der Waals surface area contributed by atoms with E-state index in [2.05, 4.69) is 14.5 Å². The number of nitrogens with zero attached hydrogens (tertiary/aromatic N) is 1. The summed E-state index contributed by atoms with van der Waals surface area (Å²) in [5.74, 6) is -3.00. The van der Waals surface area contributed by atoms with Gasteiger partial charge in [0.25, 0.3) is 0 Å². The van der Waals surface area contributed by atoms with Crippen molar-refractivity contribution in [3.63, 3.8) is 0 Å². The van der Waals surface area contributed by atoms with E-state index in [9.17, 15) is 31.1 Å². The van der Waals surface area contributed by atoms with Crippen LogP contribution < -0.4 is 4.74 Å². The maximum atomic E-state index is 13.0. The average Bonchev–Trinajstić information content (AvgIpc) is 2.35.